The van der Waals surface area contributed by atoms with E-state index in [1.807, 2.05) is 51.1 Å². The van der Waals surface area contributed by atoms with E-state index in [0.29, 0.717) is 11.3 Å². The average Bonchev–Trinajstić information content (AvgIpc) is 2.76. The molecule has 3 rings (SSSR count). The fourth-order valence-corrected chi connectivity index (χ4v) is 2.75. The first-order valence-electron chi connectivity index (χ1n) is 9.91. The van der Waals surface area contributed by atoms with Gasteiger partial charge in [0, 0.05) is 11.3 Å². The number of amides is 2. The zero-order chi connectivity index (χ0) is 22.2. The molecule has 0 bridgehead atoms. The van der Waals surface area contributed by atoms with Crippen molar-refractivity contribution in [3.8, 4) is 5.75 Å². The molecule has 0 unspecified atom stereocenters. The van der Waals surface area contributed by atoms with E-state index in [2.05, 4.69) is 15.8 Å². The molecule has 0 aliphatic heterocycles. The Morgan fingerprint density at radius 2 is 1.61 bits per heavy atom. The Kier molecular flexibility index (Phi) is 7.17. The molecule has 6 heteroatoms. The lowest BCUT2D eigenvalue weighted by Crippen LogP contribution is -2.20. The van der Waals surface area contributed by atoms with E-state index in [9.17, 15) is 9.59 Å². The lowest BCUT2D eigenvalue weighted by molar-refractivity contribution is -0.118. The SMILES string of the molecule is Cc1ccc(C(=O)NN=Cc2ccc(OCC(=O)Nc3ccc(C)c(C)c3)cc2)cc1. The standard InChI is InChI=1S/C25H25N3O3/c1-17-4-9-21(10-5-17)25(30)28-26-15-20-7-12-23(13-8-20)31-16-24(29)27-22-11-6-18(2)19(3)14-22/h4-15H,16H2,1-3H3,(H,27,29)(H,28,30). The van der Waals surface area contributed by atoms with Gasteiger partial charge in [0.2, 0.25) is 0 Å². The number of hydrogen-bond donors (Lipinski definition) is 2. The van der Waals surface area contributed by atoms with Crippen LogP contribution in [-0.4, -0.2) is 24.6 Å². The number of nitrogens with zero attached hydrogens (tertiary/aromatic N) is 1. The molecule has 6 nitrogen and oxygen atoms in total. The van der Waals surface area contributed by atoms with Gasteiger partial charge in [-0.3, -0.25) is 9.59 Å². The van der Waals surface area contributed by atoms with Crippen LogP contribution in [0.1, 0.15) is 32.6 Å². The quantitative estimate of drug-likeness (QED) is 0.444. The minimum Gasteiger partial charge on any atom is -0.484 e. The summed E-state index contributed by atoms with van der Waals surface area (Å²) in [6.45, 7) is 5.90. The van der Waals surface area contributed by atoms with Gasteiger partial charge in [-0.2, -0.15) is 5.10 Å². The molecule has 0 heterocycles. The van der Waals surface area contributed by atoms with E-state index < -0.39 is 0 Å². The topological polar surface area (TPSA) is 79.8 Å². The van der Waals surface area contributed by atoms with E-state index in [0.717, 1.165) is 22.4 Å². The first kappa shape index (κ1) is 21.8. The monoisotopic (exact) mass is 415 g/mol. The van der Waals surface area contributed by atoms with E-state index in [1.54, 1.807) is 42.6 Å². The second kappa shape index (κ2) is 10.2. The summed E-state index contributed by atoms with van der Waals surface area (Å²) in [5.41, 5.74) is 7.96. The van der Waals surface area contributed by atoms with Crippen molar-refractivity contribution in [3.05, 3.63) is 94.5 Å². The molecule has 3 aromatic rings. The highest BCUT2D eigenvalue weighted by Gasteiger charge is 2.05. The number of anilines is 1. The number of hydrogen-bond acceptors (Lipinski definition) is 4. The van der Waals surface area contributed by atoms with Crippen molar-refractivity contribution in [3.63, 3.8) is 0 Å². The number of ether oxygens (including phenoxy) is 1. The van der Waals surface area contributed by atoms with Gasteiger partial charge < -0.3 is 10.1 Å². The molecule has 2 amide bonds. The Bertz CT molecular complexity index is 1090. The number of hydrazone groups is 1. The van der Waals surface area contributed by atoms with Gasteiger partial charge in [-0.15, -0.1) is 0 Å². The van der Waals surface area contributed by atoms with Gasteiger partial charge in [0.15, 0.2) is 6.61 Å². The number of rotatable bonds is 7. The Hall–Kier alpha value is -3.93. The number of carbonyl (C=O) groups excluding carboxylic acids is 2. The minimum absolute atomic E-state index is 0.0903. The Morgan fingerprint density at radius 3 is 2.29 bits per heavy atom. The maximum atomic E-state index is 12.1. The normalized spacial score (nSPS) is 10.7. The summed E-state index contributed by atoms with van der Waals surface area (Å²) < 4.78 is 5.53. The summed E-state index contributed by atoms with van der Waals surface area (Å²) in [4.78, 5) is 24.1. The lowest BCUT2D eigenvalue weighted by atomic mass is 10.1. The van der Waals surface area contributed by atoms with Crippen molar-refractivity contribution in [2.75, 3.05) is 11.9 Å². The van der Waals surface area contributed by atoms with E-state index in [4.69, 9.17) is 4.74 Å². The lowest BCUT2D eigenvalue weighted by Gasteiger charge is -2.09. The van der Waals surface area contributed by atoms with Crippen LogP contribution >= 0.6 is 0 Å². The third-order valence-corrected chi connectivity index (χ3v) is 4.73. The highest BCUT2D eigenvalue weighted by atomic mass is 16.5. The summed E-state index contributed by atoms with van der Waals surface area (Å²) in [6, 6.07) is 20.1. The maximum absolute atomic E-state index is 12.1. The number of nitrogens with one attached hydrogen (secondary N) is 2. The van der Waals surface area contributed by atoms with Gasteiger partial charge >= 0.3 is 0 Å². The smallest absolute Gasteiger partial charge is 0.271 e. The van der Waals surface area contributed by atoms with E-state index in [-0.39, 0.29) is 18.4 Å². The van der Waals surface area contributed by atoms with Crippen LogP contribution in [0, 0.1) is 20.8 Å². The van der Waals surface area contributed by atoms with Crippen LogP contribution in [0.3, 0.4) is 0 Å². The number of carbonyl (C=O) groups is 2. The molecule has 3 aromatic carbocycles. The van der Waals surface area contributed by atoms with Crippen molar-refractivity contribution in [2.45, 2.75) is 20.8 Å². The molecule has 0 aliphatic rings. The largest absolute Gasteiger partial charge is 0.484 e. The van der Waals surface area contributed by atoms with Crippen LogP contribution in [0.5, 0.6) is 5.75 Å². The van der Waals surface area contributed by atoms with Crippen molar-refractivity contribution < 1.29 is 14.3 Å². The molecular formula is C25H25N3O3. The fourth-order valence-electron chi connectivity index (χ4n) is 2.75. The van der Waals surface area contributed by atoms with Crippen LogP contribution < -0.4 is 15.5 Å². The average molecular weight is 415 g/mol. The molecule has 2 N–H and O–H groups in total. The van der Waals surface area contributed by atoms with Crippen LogP contribution in [0.15, 0.2) is 71.8 Å². The zero-order valence-electron chi connectivity index (χ0n) is 17.8. The van der Waals surface area contributed by atoms with E-state index >= 15 is 0 Å². The van der Waals surface area contributed by atoms with Gasteiger partial charge in [0.05, 0.1) is 6.21 Å². The first-order valence-corrected chi connectivity index (χ1v) is 9.91. The van der Waals surface area contributed by atoms with Gasteiger partial charge in [0.1, 0.15) is 5.75 Å². The molecular weight excluding hydrogens is 390 g/mol. The first-order chi connectivity index (χ1) is 14.9. The highest BCUT2D eigenvalue weighted by Crippen LogP contribution is 2.15. The Morgan fingerprint density at radius 1 is 0.903 bits per heavy atom. The van der Waals surface area contributed by atoms with Gasteiger partial charge in [0.25, 0.3) is 11.8 Å². The second-order valence-corrected chi connectivity index (χ2v) is 7.27. The molecule has 0 spiro atoms. The van der Waals surface area contributed by atoms with Crippen LogP contribution in [0.4, 0.5) is 5.69 Å². The van der Waals surface area contributed by atoms with Crippen molar-refractivity contribution in [1.29, 1.82) is 0 Å². The van der Waals surface area contributed by atoms with Crippen molar-refractivity contribution in [2.24, 2.45) is 5.10 Å². The molecule has 0 aliphatic carbocycles. The predicted octanol–water partition coefficient (Wildman–Crippen LogP) is 4.39. The second-order valence-electron chi connectivity index (χ2n) is 7.27. The molecule has 0 fully saturated rings. The van der Waals surface area contributed by atoms with Gasteiger partial charge in [-0.25, -0.2) is 5.43 Å². The molecule has 0 saturated carbocycles. The van der Waals surface area contributed by atoms with E-state index in [1.165, 1.54) is 5.56 Å². The van der Waals surface area contributed by atoms with Crippen molar-refractivity contribution in [1.82, 2.24) is 5.43 Å². The zero-order valence-corrected chi connectivity index (χ0v) is 17.8. The Labute approximate surface area is 182 Å². The summed E-state index contributed by atoms with van der Waals surface area (Å²) in [6.07, 6.45) is 1.54. The van der Waals surface area contributed by atoms with Crippen LogP contribution in [0.2, 0.25) is 0 Å². The molecule has 0 saturated heterocycles. The van der Waals surface area contributed by atoms with Gasteiger partial charge in [-0.05, 0) is 86.0 Å². The summed E-state index contributed by atoms with van der Waals surface area (Å²) >= 11 is 0. The summed E-state index contributed by atoms with van der Waals surface area (Å²) in [5, 5.41) is 6.80. The molecule has 0 radical (unpaired) electrons. The maximum Gasteiger partial charge on any atom is 0.271 e. The van der Waals surface area contributed by atoms with Gasteiger partial charge in [-0.1, -0.05) is 23.8 Å². The number of aryl methyl sites for hydroxylation is 3. The van der Waals surface area contributed by atoms with Crippen LogP contribution in [0.25, 0.3) is 0 Å². The molecule has 31 heavy (non-hydrogen) atoms. The summed E-state index contributed by atoms with van der Waals surface area (Å²) in [7, 11) is 0. The Balaban J connectivity index is 1.46. The fraction of sp³-hybridized carbons (Fsp3) is 0.160. The van der Waals surface area contributed by atoms with Crippen molar-refractivity contribution >= 4 is 23.7 Å². The third kappa shape index (κ3) is 6.54. The third-order valence-electron chi connectivity index (χ3n) is 4.73. The molecule has 0 aromatic heterocycles. The predicted molar refractivity (Wildman–Crippen MR) is 123 cm³/mol. The minimum atomic E-state index is -0.272. The molecule has 0 atom stereocenters. The summed E-state index contributed by atoms with van der Waals surface area (Å²) in [5.74, 6) is 0.0646. The molecule has 158 valence electrons. The number of benzene rings is 3. The highest BCUT2D eigenvalue weighted by molar-refractivity contribution is 5.95. The van der Waals surface area contributed by atoms with Crippen LogP contribution in [-0.2, 0) is 4.79 Å².